The minimum absolute atomic E-state index is 0.273. The molecule has 2 heteroatoms. The van der Waals surface area contributed by atoms with Crippen LogP contribution >= 0.6 is 0 Å². The molecule has 0 saturated carbocycles. The second kappa shape index (κ2) is 16.3. The number of allylic oxidation sites excluding steroid dienone is 10. The average Bonchev–Trinajstić information content (AvgIpc) is 2.84. The highest BCUT2D eigenvalue weighted by Crippen LogP contribution is 2.35. The summed E-state index contributed by atoms with van der Waals surface area (Å²) >= 11 is 0. The average molecular weight is 517 g/mol. The van der Waals surface area contributed by atoms with Gasteiger partial charge in [-0.05, 0) is 137 Å². The Balaban J connectivity index is 1.64. The summed E-state index contributed by atoms with van der Waals surface area (Å²) in [6.45, 7) is 15.5. The van der Waals surface area contributed by atoms with E-state index >= 15 is 0 Å². The van der Waals surface area contributed by atoms with Crippen molar-refractivity contribution in [2.75, 3.05) is 0 Å². The Kier molecular flexibility index (Phi) is 13.5. The zero-order valence-electron chi connectivity index (χ0n) is 25.2. The molecule has 0 aliphatic carbocycles. The van der Waals surface area contributed by atoms with E-state index in [1.54, 1.807) is 12.1 Å². The molecule has 1 aromatic carbocycles. The van der Waals surface area contributed by atoms with E-state index in [4.69, 9.17) is 4.74 Å². The number of phenolic OH excluding ortho intramolecular Hbond substituents is 1. The Bertz CT molecular complexity index is 1070. The molecular weight excluding hydrogens is 464 g/mol. The van der Waals surface area contributed by atoms with Crippen molar-refractivity contribution < 1.29 is 9.84 Å². The summed E-state index contributed by atoms with van der Waals surface area (Å²) in [6.07, 6.45) is 27.2. The van der Waals surface area contributed by atoms with Gasteiger partial charge < -0.3 is 9.84 Å². The van der Waals surface area contributed by atoms with Crippen LogP contribution in [-0.4, -0.2) is 10.7 Å². The Morgan fingerprint density at radius 2 is 1.18 bits per heavy atom. The van der Waals surface area contributed by atoms with E-state index < -0.39 is 0 Å². The zero-order chi connectivity index (χ0) is 28.0. The first kappa shape index (κ1) is 31.5. The van der Waals surface area contributed by atoms with E-state index in [1.165, 1.54) is 40.7 Å². The SMILES string of the molecule is CC(C)=CCC/C(C)=C/CC/C(C)=C/CC/C(C)=C/CC/C(C)=C/CCC1(C)C=Cc2cc(O)ccc2O1. The number of hydrogen-bond acceptors (Lipinski definition) is 2. The van der Waals surface area contributed by atoms with E-state index in [0.717, 1.165) is 62.7 Å². The van der Waals surface area contributed by atoms with Crippen LogP contribution in [-0.2, 0) is 0 Å². The minimum Gasteiger partial charge on any atom is -0.508 e. The van der Waals surface area contributed by atoms with Gasteiger partial charge in [-0.3, -0.25) is 0 Å². The first-order chi connectivity index (χ1) is 18.1. The van der Waals surface area contributed by atoms with Crippen molar-refractivity contribution in [1.82, 2.24) is 0 Å². The summed E-state index contributed by atoms with van der Waals surface area (Å²) < 4.78 is 6.23. The lowest BCUT2D eigenvalue weighted by atomic mass is 9.94. The molecule has 0 spiro atoms. The number of aromatic hydroxyl groups is 1. The second-order valence-electron chi connectivity index (χ2n) is 11.6. The number of hydrogen-bond donors (Lipinski definition) is 1. The van der Waals surface area contributed by atoms with Crippen molar-refractivity contribution in [3.63, 3.8) is 0 Å². The maximum Gasteiger partial charge on any atom is 0.128 e. The topological polar surface area (TPSA) is 29.5 Å². The maximum absolute atomic E-state index is 9.66. The summed E-state index contributed by atoms with van der Waals surface area (Å²) in [6, 6.07) is 5.29. The molecule has 1 aliphatic rings. The summed E-state index contributed by atoms with van der Waals surface area (Å²) in [4.78, 5) is 0. The molecule has 1 N–H and O–H groups in total. The molecule has 0 fully saturated rings. The number of benzene rings is 1. The molecule has 0 amide bonds. The Hall–Kier alpha value is -2.74. The lowest BCUT2D eigenvalue weighted by molar-refractivity contribution is 0.128. The molecule has 38 heavy (non-hydrogen) atoms. The number of rotatable bonds is 15. The molecule has 1 unspecified atom stereocenters. The van der Waals surface area contributed by atoms with Gasteiger partial charge in [0, 0.05) is 5.56 Å². The first-order valence-corrected chi connectivity index (χ1v) is 14.5. The molecule has 0 radical (unpaired) electrons. The molecule has 1 aliphatic heterocycles. The highest BCUT2D eigenvalue weighted by Gasteiger charge is 2.26. The third kappa shape index (κ3) is 12.7. The van der Waals surface area contributed by atoms with E-state index in [1.807, 2.05) is 6.07 Å². The molecular formula is C36H52O2. The smallest absolute Gasteiger partial charge is 0.128 e. The highest BCUT2D eigenvalue weighted by molar-refractivity contribution is 5.62. The quantitative estimate of drug-likeness (QED) is 0.235. The lowest BCUT2D eigenvalue weighted by Crippen LogP contribution is -2.31. The van der Waals surface area contributed by atoms with Gasteiger partial charge in [-0.1, -0.05) is 64.3 Å². The van der Waals surface area contributed by atoms with Gasteiger partial charge in [-0.2, -0.15) is 0 Å². The van der Waals surface area contributed by atoms with Crippen LogP contribution in [0.5, 0.6) is 11.5 Å². The molecule has 1 aromatic rings. The molecule has 0 aromatic heterocycles. The molecule has 1 heterocycles. The summed E-state index contributed by atoms with van der Waals surface area (Å²) in [7, 11) is 0. The number of phenols is 1. The molecule has 208 valence electrons. The van der Waals surface area contributed by atoms with E-state index in [9.17, 15) is 5.11 Å². The van der Waals surface area contributed by atoms with Gasteiger partial charge in [-0.25, -0.2) is 0 Å². The van der Waals surface area contributed by atoms with E-state index in [-0.39, 0.29) is 11.4 Å². The predicted molar refractivity (Wildman–Crippen MR) is 167 cm³/mol. The van der Waals surface area contributed by atoms with Gasteiger partial charge in [0.15, 0.2) is 0 Å². The largest absolute Gasteiger partial charge is 0.508 e. The number of fused-ring (bicyclic) bond motifs is 1. The third-order valence-electron chi connectivity index (χ3n) is 7.27. The van der Waals surface area contributed by atoms with Crippen molar-refractivity contribution in [3.05, 3.63) is 88.1 Å². The van der Waals surface area contributed by atoms with Crippen molar-refractivity contribution in [2.45, 2.75) is 118 Å². The van der Waals surface area contributed by atoms with Crippen LogP contribution in [0.4, 0.5) is 0 Å². The van der Waals surface area contributed by atoms with Crippen LogP contribution in [0.25, 0.3) is 6.08 Å². The van der Waals surface area contributed by atoms with Crippen LogP contribution in [0.2, 0.25) is 0 Å². The van der Waals surface area contributed by atoms with Gasteiger partial charge in [-0.15, -0.1) is 0 Å². The minimum atomic E-state index is -0.302. The Morgan fingerprint density at radius 1 is 0.711 bits per heavy atom. The van der Waals surface area contributed by atoms with E-state index in [0.29, 0.717) is 0 Å². The Labute approximate surface area is 233 Å². The molecule has 0 bridgehead atoms. The fraction of sp³-hybridized carbons (Fsp3) is 0.500. The highest BCUT2D eigenvalue weighted by atomic mass is 16.5. The molecule has 0 saturated heterocycles. The summed E-state index contributed by atoms with van der Waals surface area (Å²) in [5.74, 6) is 1.12. The van der Waals surface area contributed by atoms with Crippen LogP contribution < -0.4 is 4.74 Å². The van der Waals surface area contributed by atoms with E-state index in [2.05, 4.69) is 91.0 Å². The van der Waals surface area contributed by atoms with Gasteiger partial charge in [0.05, 0.1) is 0 Å². The van der Waals surface area contributed by atoms with Gasteiger partial charge in [0.1, 0.15) is 17.1 Å². The van der Waals surface area contributed by atoms with Crippen molar-refractivity contribution >= 4 is 6.08 Å². The normalized spacial score (nSPS) is 18.3. The van der Waals surface area contributed by atoms with Gasteiger partial charge >= 0.3 is 0 Å². The van der Waals surface area contributed by atoms with Crippen molar-refractivity contribution in [3.8, 4) is 11.5 Å². The zero-order valence-corrected chi connectivity index (χ0v) is 25.2. The number of ether oxygens (including phenoxy) is 1. The van der Waals surface area contributed by atoms with Crippen LogP contribution in [0, 0.1) is 0 Å². The fourth-order valence-corrected chi connectivity index (χ4v) is 4.69. The van der Waals surface area contributed by atoms with Crippen molar-refractivity contribution in [1.29, 1.82) is 0 Å². The maximum atomic E-state index is 9.66. The van der Waals surface area contributed by atoms with Crippen molar-refractivity contribution in [2.24, 2.45) is 0 Å². The fourth-order valence-electron chi connectivity index (χ4n) is 4.69. The molecule has 2 nitrogen and oxygen atoms in total. The molecule has 2 rings (SSSR count). The standard InChI is InChI=1S/C36H52O2/c1-28(2)13-8-14-29(3)15-9-16-30(4)17-10-18-31(5)19-11-20-32(6)21-12-25-36(7)26-24-33-27-34(37)22-23-35(33)38-36/h13,15,17,19,21-24,26-27,37H,8-12,14,16,18,20,25H2,1-7H3/b29-15+,30-17+,31-19+,32-21+. The van der Waals surface area contributed by atoms with Crippen LogP contribution in [0.1, 0.15) is 118 Å². The van der Waals surface area contributed by atoms with Gasteiger partial charge in [0.2, 0.25) is 0 Å². The molecule has 1 atom stereocenters. The first-order valence-electron chi connectivity index (χ1n) is 14.5. The van der Waals surface area contributed by atoms with Crippen LogP contribution in [0.15, 0.2) is 82.5 Å². The lowest BCUT2D eigenvalue weighted by Gasteiger charge is -2.31. The summed E-state index contributed by atoms with van der Waals surface area (Å²) in [5.41, 5.74) is 8.02. The Morgan fingerprint density at radius 3 is 1.68 bits per heavy atom. The van der Waals surface area contributed by atoms with Gasteiger partial charge in [0.25, 0.3) is 0 Å². The third-order valence-corrected chi connectivity index (χ3v) is 7.27. The second-order valence-corrected chi connectivity index (χ2v) is 11.6. The monoisotopic (exact) mass is 516 g/mol. The van der Waals surface area contributed by atoms with Crippen LogP contribution in [0.3, 0.4) is 0 Å². The summed E-state index contributed by atoms with van der Waals surface area (Å²) in [5, 5.41) is 9.66. The predicted octanol–water partition coefficient (Wildman–Crippen LogP) is 11.2.